The Bertz CT molecular complexity index is 1210. The Hall–Kier alpha value is -2.47. The second kappa shape index (κ2) is 15.5. The maximum atomic E-state index is 11.6. The Labute approximate surface area is 261 Å². The fraction of sp³-hybridized carbons (Fsp3) is 0.605. The molecule has 0 fully saturated rings. The van der Waals surface area contributed by atoms with Gasteiger partial charge in [-0.25, -0.2) is 0 Å². The smallest absolute Gasteiger partial charge is 0.309 e. The van der Waals surface area contributed by atoms with Gasteiger partial charge in [-0.05, 0) is 97.1 Å². The van der Waals surface area contributed by atoms with Crippen LogP contribution in [0.1, 0.15) is 118 Å². The molecule has 1 aromatic carbocycles. The van der Waals surface area contributed by atoms with Crippen molar-refractivity contribution in [1.82, 2.24) is 0 Å². The first-order valence-electron chi connectivity index (χ1n) is 16.2. The fourth-order valence-corrected chi connectivity index (χ4v) is 5.90. The van der Waals surface area contributed by atoms with Gasteiger partial charge in [0.1, 0.15) is 12.2 Å². The highest BCUT2D eigenvalue weighted by Gasteiger charge is 2.32. The van der Waals surface area contributed by atoms with Gasteiger partial charge in [-0.15, -0.1) is 0 Å². The van der Waals surface area contributed by atoms with E-state index in [9.17, 15) is 25.2 Å². The average Bonchev–Trinajstić information content (AvgIpc) is 2.92. The van der Waals surface area contributed by atoms with Gasteiger partial charge in [0.2, 0.25) is 0 Å². The lowest BCUT2D eigenvalue weighted by Crippen LogP contribution is -2.25. The molecule has 0 aromatic heterocycles. The van der Waals surface area contributed by atoms with Crippen LogP contribution in [0, 0.1) is 22.2 Å². The van der Waals surface area contributed by atoms with Crippen LogP contribution >= 0.6 is 0 Å². The molecule has 4 N–H and O–H groups in total. The van der Waals surface area contributed by atoms with E-state index in [0.29, 0.717) is 19.3 Å². The third kappa shape index (κ3) is 10.3. The Morgan fingerprint density at radius 3 is 1.91 bits per heavy atom. The van der Waals surface area contributed by atoms with Gasteiger partial charge in [0.15, 0.2) is 0 Å². The van der Waals surface area contributed by atoms with E-state index in [0.717, 1.165) is 52.7 Å². The van der Waals surface area contributed by atoms with Crippen LogP contribution in [0.25, 0.3) is 11.1 Å². The van der Waals surface area contributed by atoms with Crippen molar-refractivity contribution >= 4 is 17.1 Å². The normalized spacial score (nSPS) is 22.0. The van der Waals surface area contributed by atoms with Crippen molar-refractivity contribution in [3.05, 3.63) is 70.8 Å². The summed E-state index contributed by atoms with van der Waals surface area (Å²) in [4.78, 5) is 11.5. The van der Waals surface area contributed by atoms with Crippen LogP contribution < -0.4 is 0 Å². The van der Waals surface area contributed by atoms with Crippen molar-refractivity contribution in [2.45, 2.75) is 119 Å². The third-order valence-corrected chi connectivity index (χ3v) is 8.44. The minimum Gasteiger partial charge on any atom is -0.481 e. The van der Waals surface area contributed by atoms with Crippen molar-refractivity contribution in [1.29, 1.82) is 0 Å². The maximum absolute atomic E-state index is 11.6. The van der Waals surface area contributed by atoms with Crippen molar-refractivity contribution in [3.63, 3.8) is 0 Å². The van der Waals surface area contributed by atoms with Gasteiger partial charge < -0.3 is 20.4 Å². The molecular formula is C38H58O5. The van der Waals surface area contributed by atoms with E-state index in [1.54, 1.807) is 13.8 Å². The Balaban J connectivity index is 0.00000206. The molecule has 0 heterocycles. The molecule has 1 aromatic rings. The zero-order valence-corrected chi connectivity index (χ0v) is 28.2. The van der Waals surface area contributed by atoms with Crippen LogP contribution in [-0.4, -0.2) is 45.2 Å². The Morgan fingerprint density at radius 2 is 1.35 bits per heavy atom. The molecule has 0 aliphatic heterocycles. The number of aliphatic hydroxyl groups excluding tert-OH is 3. The molecule has 0 saturated heterocycles. The SMILES string of the molecule is CC1C=C(CCCC(C)(C)C(=O)O)C(O)C(c2ccccc2C2=CC(C)(C)C=C(CCCC(C)(C)CO)C2O)=C1.CCC. The van der Waals surface area contributed by atoms with Gasteiger partial charge >= 0.3 is 5.97 Å². The molecule has 3 atom stereocenters. The molecule has 2 aliphatic carbocycles. The van der Waals surface area contributed by atoms with Crippen molar-refractivity contribution in [3.8, 4) is 0 Å². The van der Waals surface area contributed by atoms with Crippen LogP contribution in [-0.2, 0) is 4.79 Å². The lowest BCUT2D eigenvalue weighted by atomic mass is 9.74. The first kappa shape index (κ1) is 36.7. The Morgan fingerprint density at radius 1 is 0.837 bits per heavy atom. The van der Waals surface area contributed by atoms with Crippen molar-refractivity contribution < 1.29 is 25.2 Å². The van der Waals surface area contributed by atoms with Gasteiger partial charge in [-0.1, -0.05) is 103 Å². The van der Waals surface area contributed by atoms with Crippen LogP contribution in [0.15, 0.2) is 59.7 Å². The standard InChI is InChI=1S/C35H50O5.C3H8/c1-23-18-24(12-11-17-35(6,7)32(39)40)30(37)28(19-23)26-14-8-9-15-27(26)29-21-34(4,5)20-25(31(29)38)13-10-16-33(2,3)22-36;1-3-2/h8-9,14-15,18-21,23,30-31,36-38H,10-13,16-17,22H2,1-7H3,(H,39,40);3H2,1-2H3. The Kier molecular flexibility index (Phi) is 13.2. The summed E-state index contributed by atoms with van der Waals surface area (Å²) >= 11 is 0. The van der Waals surface area contributed by atoms with Gasteiger partial charge in [0.25, 0.3) is 0 Å². The van der Waals surface area contributed by atoms with Crippen LogP contribution in [0.2, 0.25) is 0 Å². The molecule has 240 valence electrons. The molecule has 0 saturated carbocycles. The summed E-state index contributed by atoms with van der Waals surface area (Å²) in [5, 5.41) is 42.3. The summed E-state index contributed by atoms with van der Waals surface area (Å²) in [6.45, 7) is 18.4. The van der Waals surface area contributed by atoms with E-state index in [-0.39, 0.29) is 23.4 Å². The predicted octanol–water partition coefficient (Wildman–Crippen LogP) is 8.60. The van der Waals surface area contributed by atoms with Gasteiger partial charge in [-0.2, -0.15) is 0 Å². The van der Waals surface area contributed by atoms with E-state index >= 15 is 0 Å². The molecule has 3 rings (SSSR count). The number of hydrogen-bond donors (Lipinski definition) is 4. The summed E-state index contributed by atoms with van der Waals surface area (Å²) in [5.41, 5.74) is 4.29. The summed E-state index contributed by atoms with van der Waals surface area (Å²) in [6.07, 6.45) is 12.6. The number of aliphatic carboxylic acids is 1. The molecule has 2 aliphatic rings. The highest BCUT2D eigenvalue weighted by atomic mass is 16.4. The summed E-state index contributed by atoms with van der Waals surface area (Å²) < 4.78 is 0. The number of hydrogen-bond acceptors (Lipinski definition) is 4. The van der Waals surface area contributed by atoms with E-state index < -0.39 is 23.6 Å². The molecule has 0 bridgehead atoms. The number of benzene rings is 1. The maximum Gasteiger partial charge on any atom is 0.309 e. The number of carbonyl (C=O) groups is 1. The van der Waals surface area contributed by atoms with Crippen molar-refractivity contribution in [2.24, 2.45) is 22.2 Å². The van der Waals surface area contributed by atoms with E-state index in [1.165, 1.54) is 6.42 Å². The molecule has 43 heavy (non-hydrogen) atoms. The third-order valence-electron chi connectivity index (χ3n) is 8.44. The molecule has 0 spiro atoms. The van der Waals surface area contributed by atoms with Crippen LogP contribution in [0.3, 0.4) is 0 Å². The quantitative estimate of drug-likeness (QED) is 0.182. The molecule has 0 radical (unpaired) electrons. The zero-order valence-electron chi connectivity index (χ0n) is 28.2. The number of carboxylic acids is 1. The minimum atomic E-state index is -0.804. The van der Waals surface area contributed by atoms with Crippen molar-refractivity contribution in [2.75, 3.05) is 6.61 Å². The second-order valence-corrected chi connectivity index (χ2v) is 14.6. The lowest BCUT2D eigenvalue weighted by Gasteiger charge is -2.33. The number of allylic oxidation sites excluding steroid dienone is 4. The summed E-state index contributed by atoms with van der Waals surface area (Å²) in [5.74, 6) is -0.678. The minimum absolute atomic E-state index is 0.126. The number of aliphatic hydroxyl groups is 3. The predicted molar refractivity (Wildman–Crippen MR) is 179 cm³/mol. The van der Waals surface area contributed by atoms with Gasteiger partial charge in [-0.3, -0.25) is 4.79 Å². The molecule has 0 amide bonds. The highest BCUT2D eigenvalue weighted by molar-refractivity contribution is 5.86. The van der Waals surface area contributed by atoms with Gasteiger partial charge in [0.05, 0.1) is 5.41 Å². The molecule has 5 heteroatoms. The number of rotatable bonds is 12. The molecule has 5 nitrogen and oxygen atoms in total. The first-order valence-corrected chi connectivity index (χ1v) is 16.2. The summed E-state index contributed by atoms with van der Waals surface area (Å²) in [7, 11) is 0. The van der Waals surface area contributed by atoms with Crippen LogP contribution in [0.4, 0.5) is 0 Å². The van der Waals surface area contributed by atoms with E-state index in [2.05, 4.69) is 72.8 Å². The van der Waals surface area contributed by atoms with Crippen LogP contribution in [0.5, 0.6) is 0 Å². The fourth-order valence-electron chi connectivity index (χ4n) is 5.90. The topological polar surface area (TPSA) is 98.0 Å². The average molecular weight is 595 g/mol. The summed E-state index contributed by atoms with van der Waals surface area (Å²) in [6, 6.07) is 8.00. The lowest BCUT2D eigenvalue weighted by molar-refractivity contribution is -0.147. The largest absolute Gasteiger partial charge is 0.481 e. The van der Waals surface area contributed by atoms with Gasteiger partial charge in [0, 0.05) is 12.0 Å². The highest BCUT2D eigenvalue weighted by Crippen LogP contribution is 2.43. The second-order valence-electron chi connectivity index (χ2n) is 14.6. The molecule has 3 unspecified atom stereocenters. The first-order chi connectivity index (χ1) is 20.0. The number of carboxylic acid groups (broad SMARTS) is 1. The van der Waals surface area contributed by atoms with E-state index in [1.807, 2.05) is 24.3 Å². The monoisotopic (exact) mass is 594 g/mol. The van der Waals surface area contributed by atoms with E-state index in [4.69, 9.17) is 0 Å². The zero-order chi connectivity index (χ0) is 32.6. The molecular weight excluding hydrogens is 536 g/mol.